The van der Waals surface area contributed by atoms with E-state index in [1.54, 1.807) is 19.1 Å². The fourth-order valence-electron chi connectivity index (χ4n) is 3.68. The number of phenols is 2. The van der Waals surface area contributed by atoms with Crippen molar-refractivity contribution in [3.05, 3.63) is 59.3 Å². The molecule has 2 atom stereocenters. The van der Waals surface area contributed by atoms with E-state index in [1.807, 2.05) is 24.3 Å². The predicted octanol–water partition coefficient (Wildman–Crippen LogP) is 2.75. The lowest BCUT2D eigenvalue weighted by molar-refractivity contribution is -0.146. The maximum absolute atomic E-state index is 12.4. The number of rotatable bonds is 3. The van der Waals surface area contributed by atoms with E-state index in [-0.39, 0.29) is 23.5 Å². The molecule has 6 heteroatoms. The minimum atomic E-state index is -0.504. The number of fused-ring (bicyclic) bond motifs is 3. The number of carbonyl (C=O) groups is 1. The second kappa shape index (κ2) is 6.38. The van der Waals surface area contributed by atoms with E-state index < -0.39 is 6.04 Å². The highest BCUT2D eigenvalue weighted by Crippen LogP contribution is 2.37. The number of carbonyl (C=O) groups excluding carboxylic acids is 1. The first-order chi connectivity index (χ1) is 12.6. The molecule has 0 aliphatic carbocycles. The fraction of sp³-hybridized carbons (Fsp3) is 0.250. The maximum atomic E-state index is 12.4. The Balaban J connectivity index is 1.86. The molecular weight excluding hydrogens is 332 g/mol. The molecule has 0 fully saturated rings. The number of hydrogen-bond acceptors (Lipinski definition) is 5. The molecule has 0 unspecified atom stereocenters. The molecule has 4 rings (SSSR count). The van der Waals surface area contributed by atoms with E-state index >= 15 is 0 Å². The quantitative estimate of drug-likeness (QED) is 0.544. The van der Waals surface area contributed by atoms with E-state index in [0.29, 0.717) is 18.6 Å². The van der Waals surface area contributed by atoms with Gasteiger partial charge in [-0.2, -0.15) is 0 Å². The Morgan fingerprint density at radius 2 is 1.92 bits per heavy atom. The van der Waals surface area contributed by atoms with Gasteiger partial charge in [-0.05, 0) is 36.2 Å². The van der Waals surface area contributed by atoms with Gasteiger partial charge in [0.1, 0.15) is 17.5 Å². The standard InChI is InChI=1S/C20H20N2O4/c1-2-26-20(25)17-10-15-14-5-3-4-6-16(14)21-19(15)18(22-17)11-7-12(23)9-13(24)8-11/h3-9,17-18,21-24H,2,10H2,1H3/t17-,18-/m0/s1. The molecule has 2 aromatic carbocycles. The van der Waals surface area contributed by atoms with Crippen molar-refractivity contribution in [2.24, 2.45) is 0 Å². The number of nitrogens with one attached hydrogen (secondary N) is 2. The van der Waals surface area contributed by atoms with E-state index in [9.17, 15) is 15.0 Å². The van der Waals surface area contributed by atoms with Crippen molar-refractivity contribution < 1.29 is 19.7 Å². The molecule has 26 heavy (non-hydrogen) atoms. The summed E-state index contributed by atoms with van der Waals surface area (Å²) in [6.45, 7) is 2.10. The molecule has 0 saturated heterocycles. The SMILES string of the molecule is CCOC(=O)[C@@H]1Cc2c([nH]c3ccccc23)[C@H](c2cc(O)cc(O)c2)N1. The molecule has 134 valence electrons. The van der Waals surface area contributed by atoms with Gasteiger partial charge in [-0.15, -0.1) is 0 Å². The molecule has 1 aliphatic rings. The summed E-state index contributed by atoms with van der Waals surface area (Å²) in [5.41, 5.74) is 3.63. The third-order valence-corrected chi connectivity index (χ3v) is 4.74. The molecule has 3 aromatic rings. The number of hydrogen-bond donors (Lipinski definition) is 4. The van der Waals surface area contributed by atoms with Crippen LogP contribution in [0.4, 0.5) is 0 Å². The van der Waals surface area contributed by atoms with Crippen LogP contribution in [0.5, 0.6) is 11.5 Å². The molecule has 0 radical (unpaired) electrons. The van der Waals surface area contributed by atoms with Crippen LogP contribution >= 0.6 is 0 Å². The molecule has 6 nitrogen and oxygen atoms in total. The van der Waals surface area contributed by atoms with E-state index in [4.69, 9.17) is 4.74 Å². The van der Waals surface area contributed by atoms with Gasteiger partial charge in [0.2, 0.25) is 0 Å². The molecule has 1 aliphatic heterocycles. The third-order valence-electron chi connectivity index (χ3n) is 4.74. The zero-order valence-corrected chi connectivity index (χ0v) is 14.3. The normalized spacial score (nSPS) is 19.3. The topological polar surface area (TPSA) is 94.6 Å². The maximum Gasteiger partial charge on any atom is 0.323 e. The summed E-state index contributed by atoms with van der Waals surface area (Å²) in [5.74, 6) is -0.367. The van der Waals surface area contributed by atoms with Crippen molar-refractivity contribution in [2.45, 2.75) is 25.4 Å². The average Bonchev–Trinajstić information content (AvgIpc) is 2.99. The third kappa shape index (κ3) is 2.78. The number of aromatic amines is 1. The zero-order valence-electron chi connectivity index (χ0n) is 14.3. The second-order valence-electron chi connectivity index (χ2n) is 6.45. The first-order valence-corrected chi connectivity index (χ1v) is 8.62. The highest BCUT2D eigenvalue weighted by atomic mass is 16.5. The van der Waals surface area contributed by atoms with Crippen LogP contribution in [0.3, 0.4) is 0 Å². The van der Waals surface area contributed by atoms with Crippen molar-refractivity contribution in [2.75, 3.05) is 6.61 Å². The van der Waals surface area contributed by atoms with Gasteiger partial charge < -0.3 is 19.9 Å². The van der Waals surface area contributed by atoms with Crippen LogP contribution < -0.4 is 5.32 Å². The summed E-state index contributed by atoms with van der Waals surface area (Å²) in [5, 5.41) is 24.1. The van der Waals surface area contributed by atoms with Crippen LogP contribution in [0.2, 0.25) is 0 Å². The van der Waals surface area contributed by atoms with E-state index in [1.165, 1.54) is 6.07 Å². The number of benzene rings is 2. The molecule has 0 saturated carbocycles. The van der Waals surface area contributed by atoms with Crippen molar-refractivity contribution in [3.8, 4) is 11.5 Å². The first-order valence-electron chi connectivity index (χ1n) is 8.62. The van der Waals surface area contributed by atoms with Crippen molar-refractivity contribution in [1.82, 2.24) is 10.3 Å². The van der Waals surface area contributed by atoms with Gasteiger partial charge in [0.25, 0.3) is 0 Å². The van der Waals surface area contributed by atoms with E-state index in [0.717, 1.165) is 22.2 Å². The fourth-order valence-corrected chi connectivity index (χ4v) is 3.68. The van der Waals surface area contributed by atoms with Crippen LogP contribution in [0.25, 0.3) is 10.9 Å². The lowest BCUT2D eigenvalue weighted by Crippen LogP contribution is -2.45. The minimum Gasteiger partial charge on any atom is -0.508 e. The molecule has 1 aromatic heterocycles. The summed E-state index contributed by atoms with van der Waals surface area (Å²) < 4.78 is 5.21. The lowest BCUT2D eigenvalue weighted by Gasteiger charge is -2.30. The summed E-state index contributed by atoms with van der Waals surface area (Å²) in [6.07, 6.45) is 0.513. The molecular formula is C20H20N2O4. The highest BCUT2D eigenvalue weighted by Gasteiger charge is 2.34. The Hall–Kier alpha value is -2.99. The number of para-hydroxylation sites is 1. The van der Waals surface area contributed by atoms with Crippen molar-refractivity contribution in [3.63, 3.8) is 0 Å². The molecule has 4 N–H and O–H groups in total. The molecule has 0 bridgehead atoms. The Kier molecular flexibility index (Phi) is 4.05. The van der Waals surface area contributed by atoms with Gasteiger partial charge >= 0.3 is 5.97 Å². The molecule has 0 spiro atoms. The summed E-state index contributed by atoms with van der Waals surface area (Å²) in [4.78, 5) is 15.8. The number of H-pyrrole nitrogens is 1. The summed E-state index contributed by atoms with van der Waals surface area (Å²) >= 11 is 0. The minimum absolute atomic E-state index is 0.0299. The Morgan fingerprint density at radius 3 is 2.65 bits per heavy atom. The Morgan fingerprint density at radius 1 is 1.19 bits per heavy atom. The van der Waals surface area contributed by atoms with Crippen LogP contribution in [0, 0.1) is 0 Å². The lowest BCUT2D eigenvalue weighted by atomic mass is 9.90. The predicted molar refractivity (Wildman–Crippen MR) is 97.2 cm³/mol. The van der Waals surface area contributed by atoms with Crippen molar-refractivity contribution in [1.29, 1.82) is 0 Å². The van der Waals surface area contributed by atoms with Crippen LogP contribution in [0.1, 0.15) is 29.8 Å². The Bertz CT molecular complexity index is 959. The van der Waals surface area contributed by atoms with Crippen LogP contribution in [0.15, 0.2) is 42.5 Å². The van der Waals surface area contributed by atoms with Gasteiger partial charge in [-0.3, -0.25) is 10.1 Å². The Labute approximate surface area is 150 Å². The van der Waals surface area contributed by atoms with Crippen LogP contribution in [-0.2, 0) is 16.0 Å². The van der Waals surface area contributed by atoms with Gasteiger partial charge in [-0.1, -0.05) is 18.2 Å². The summed E-state index contributed by atoms with van der Waals surface area (Å²) in [7, 11) is 0. The van der Waals surface area contributed by atoms with Gasteiger partial charge in [0, 0.05) is 29.1 Å². The number of aromatic nitrogens is 1. The smallest absolute Gasteiger partial charge is 0.323 e. The average molecular weight is 352 g/mol. The number of ether oxygens (including phenoxy) is 1. The van der Waals surface area contributed by atoms with Crippen molar-refractivity contribution >= 4 is 16.9 Å². The van der Waals surface area contributed by atoms with Gasteiger partial charge in [-0.25, -0.2) is 0 Å². The highest BCUT2D eigenvalue weighted by molar-refractivity contribution is 5.87. The first kappa shape index (κ1) is 16.5. The van der Waals surface area contributed by atoms with E-state index in [2.05, 4.69) is 10.3 Å². The largest absolute Gasteiger partial charge is 0.508 e. The molecule has 0 amide bonds. The second-order valence-corrected chi connectivity index (χ2v) is 6.45. The van der Waals surface area contributed by atoms with Crippen LogP contribution in [-0.4, -0.2) is 33.8 Å². The monoisotopic (exact) mass is 352 g/mol. The number of aromatic hydroxyl groups is 2. The zero-order chi connectivity index (χ0) is 18.3. The van der Waals surface area contributed by atoms with Gasteiger partial charge in [0.05, 0.1) is 12.6 Å². The molecule has 2 heterocycles. The number of esters is 1. The van der Waals surface area contributed by atoms with Gasteiger partial charge in [0.15, 0.2) is 0 Å². The number of phenolic OH excluding ortho intramolecular Hbond substituents is 2. The summed E-state index contributed by atoms with van der Waals surface area (Å²) in [6, 6.07) is 11.5.